The summed E-state index contributed by atoms with van der Waals surface area (Å²) in [5.74, 6) is 1.53. The van der Waals surface area contributed by atoms with Gasteiger partial charge in [-0.2, -0.15) is 0 Å². The average molecular weight is 242 g/mol. The quantitative estimate of drug-likeness (QED) is 0.497. The highest BCUT2D eigenvalue weighted by molar-refractivity contribution is 6.76. The minimum Gasteiger partial charge on any atom is -0.393 e. The van der Waals surface area contributed by atoms with Crippen molar-refractivity contribution in [3.63, 3.8) is 0 Å². The molecule has 16 heavy (non-hydrogen) atoms. The Labute approximate surface area is 103 Å². The molecular weight excluding hydrogens is 212 g/mol. The van der Waals surface area contributed by atoms with Gasteiger partial charge in [0.25, 0.3) is 0 Å². The number of aliphatic hydroxyl groups excluding tert-OH is 1. The zero-order valence-corrected chi connectivity index (χ0v) is 12.6. The van der Waals surface area contributed by atoms with Gasteiger partial charge in [0, 0.05) is 8.07 Å². The summed E-state index contributed by atoms with van der Waals surface area (Å²) < 4.78 is 0. The minimum absolute atomic E-state index is 0.0122. The van der Waals surface area contributed by atoms with Crippen LogP contribution in [0.1, 0.15) is 45.4 Å². The Balaban J connectivity index is 2.09. The Hall–Kier alpha value is 0.177. The number of aliphatic hydroxyl groups is 1. The normalized spacial score (nSPS) is 26.8. The van der Waals surface area contributed by atoms with Crippen LogP contribution in [0.2, 0.25) is 25.7 Å². The maximum Gasteiger partial charge on any atom is 0.0571 e. The fourth-order valence-electron chi connectivity index (χ4n) is 2.76. The molecule has 1 saturated carbocycles. The van der Waals surface area contributed by atoms with Gasteiger partial charge in [-0.15, -0.1) is 0 Å². The van der Waals surface area contributed by atoms with Gasteiger partial charge >= 0.3 is 0 Å². The smallest absolute Gasteiger partial charge is 0.0571 e. The van der Waals surface area contributed by atoms with E-state index in [2.05, 4.69) is 26.6 Å². The molecule has 1 nitrogen and oxygen atoms in total. The SMILES string of the molecule is CCCCCCC(O)C1CC1C[Si](C)(C)C. The molecule has 0 aromatic carbocycles. The molecule has 1 rings (SSSR count). The molecule has 3 unspecified atom stereocenters. The summed E-state index contributed by atoms with van der Waals surface area (Å²) in [6, 6.07) is 1.42. The van der Waals surface area contributed by atoms with Crippen molar-refractivity contribution in [2.75, 3.05) is 0 Å². The molecule has 0 heterocycles. The van der Waals surface area contributed by atoms with Gasteiger partial charge < -0.3 is 5.11 Å². The summed E-state index contributed by atoms with van der Waals surface area (Å²) in [4.78, 5) is 0. The lowest BCUT2D eigenvalue weighted by Gasteiger charge is -2.16. The van der Waals surface area contributed by atoms with Crippen molar-refractivity contribution in [1.82, 2.24) is 0 Å². The van der Waals surface area contributed by atoms with E-state index < -0.39 is 8.07 Å². The van der Waals surface area contributed by atoms with E-state index in [0.29, 0.717) is 5.92 Å². The Morgan fingerprint density at radius 2 is 1.88 bits per heavy atom. The molecule has 1 N–H and O–H groups in total. The maximum absolute atomic E-state index is 10.1. The first-order valence-corrected chi connectivity index (χ1v) is 10.8. The largest absolute Gasteiger partial charge is 0.393 e. The zero-order valence-electron chi connectivity index (χ0n) is 11.6. The average Bonchev–Trinajstić information content (AvgIpc) is 2.88. The second kappa shape index (κ2) is 6.20. The molecule has 1 aliphatic rings. The predicted molar refractivity (Wildman–Crippen MR) is 74.5 cm³/mol. The van der Waals surface area contributed by atoms with E-state index >= 15 is 0 Å². The van der Waals surface area contributed by atoms with Crippen LogP contribution in [0.25, 0.3) is 0 Å². The molecule has 3 atom stereocenters. The standard InChI is InChI=1S/C14H30OSi/c1-5-6-7-8-9-14(15)13-10-12(13)11-16(2,3)4/h12-15H,5-11H2,1-4H3. The Kier molecular flexibility index (Phi) is 5.52. The van der Waals surface area contributed by atoms with E-state index in [1.54, 1.807) is 0 Å². The number of rotatable bonds is 8. The van der Waals surface area contributed by atoms with Gasteiger partial charge in [-0.05, 0) is 24.7 Å². The zero-order chi connectivity index (χ0) is 12.2. The van der Waals surface area contributed by atoms with E-state index in [1.807, 2.05) is 0 Å². The van der Waals surface area contributed by atoms with E-state index in [1.165, 1.54) is 38.1 Å². The third-order valence-corrected chi connectivity index (χ3v) is 5.45. The van der Waals surface area contributed by atoms with Crippen LogP contribution in [-0.2, 0) is 0 Å². The van der Waals surface area contributed by atoms with Crippen molar-refractivity contribution in [3.8, 4) is 0 Å². The highest BCUT2D eigenvalue weighted by atomic mass is 28.3. The fraction of sp³-hybridized carbons (Fsp3) is 1.00. The van der Waals surface area contributed by atoms with E-state index in [4.69, 9.17) is 0 Å². The van der Waals surface area contributed by atoms with E-state index in [-0.39, 0.29) is 6.10 Å². The first-order chi connectivity index (χ1) is 7.44. The van der Waals surface area contributed by atoms with Gasteiger partial charge in [-0.1, -0.05) is 58.3 Å². The minimum atomic E-state index is -0.901. The highest BCUT2D eigenvalue weighted by Gasteiger charge is 2.43. The van der Waals surface area contributed by atoms with E-state index in [9.17, 15) is 5.11 Å². The monoisotopic (exact) mass is 242 g/mol. The van der Waals surface area contributed by atoms with Gasteiger partial charge in [-0.3, -0.25) is 0 Å². The van der Waals surface area contributed by atoms with Crippen LogP contribution in [-0.4, -0.2) is 19.3 Å². The number of hydrogen-bond donors (Lipinski definition) is 1. The van der Waals surface area contributed by atoms with Crippen molar-refractivity contribution in [2.24, 2.45) is 11.8 Å². The van der Waals surface area contributed by atoms with Crippen LogP contribution in [0.3, 0.4) is 0 Å². The second-order valence-electron chi connectivity index (χ2n) is 6.84. The molecule has 0 bridgehead atoms. The van der Waals surface area contributed by atoms with Crippen molar-refractivity contribution >= 4 is 8.07 Å². The summed E-state index contributed by atoms with van der Waals surface area (Å²) in [5, 5.41) is 10.1. The summed E-state index contributed by atoms with van der Waals surface area (Å²) in [7, 11) is -0.901. The Morgan fingerprint density at radius 3 is 2.44 bits per heavy atom. The van der Waals surface area contributed by atoms with Gasteiger partial charge in [0.1, 0.15) is 0 Å². The van der Waals surface area contributed by atoms with Crippen molar-refractivity contribution in [3.05, 3.63) is 0 Å². The first-order valence-electron chi connectivity index (χ1n) is 7.12. The Bertz CT molecular complexity index is 197. The topological polar surface area (TPSA) is 20.2 Å². The first kappa shape index (κ1) is 14.2. The lowest BCUT2D eigenvalue weighted by atomic mass is 10.1. The third kappa shape index (κ3) is 5.49. The second-order valence-corrected chi connectivity index (χ2v) is 12.4. The molecule has 0 spiro atoms. The van der Waals surface area contributed by atoms with Crippen LogP contribution >= 0.6 is 0 Å². The number of hydrogen-bond acceptors (Lipinski definition) is 1. The third-order valence-electron chi connectivity index (χ3n) is 3.70. The highest BCUT2D eigenvalue weighted by Crippen LogP contribution is 2.47. The number of unbranched alkanes of at least 4 members (excludes halogenated alkanes) is 3. The predicted octanol–water partition coefficient (Wildman–Crippen LogP) is 4.29. The summed E-state index contributed by atoms with van der Waals surface area (Å²) in [6.45, 7) is 9.56. The van der Waals surface area contributed by atoms with Crippen LogP contribution in [0, 0.1) is 11.8 Å². The van der Waals surface area contributed by atoms with E-state index in [0.717, 1.165) is 12.3 Å². The summed E-state index contributed by atoms with van der Waals surface area (Å²) in [5.41, 5.74) is 0. The van der Waals surface area contributed by atoms with Gasteiger partial charge in [-0.25, -0.2) is 0 Å². The molecular formula is C14H30OSi. The van der Waals surface area contributed by atoms with Gasteiger partial charge in [0.15, 0.2) is 0 Å². The molecule has 0 aliphatic heterocycles. The molecule has 0 aromatic rings. The molecule has 0 amide bonds. The molecule has 0 radical (unpaired) electrons. The summed E-state index contributed by atoms with van der Waals surface area (Å²) >= 11 is 0. The maximum atomic E-state index is 10.1. The lowest BCUT2D eigenvalue weighted by molar-refractivity contribution is 0.132. The molecule has 2 heteroatoms. The van der Waals surface area contributed by atoms with Crippen molar-refractivity contribution in [1.29, 1.82) is 0 Å². The lowest BCUT2D eigenvalue weighted by Crippen LogP contribution is -2.21. The van der Waals surface area contributed by atoms with Gasteiger partial charge in [0.05, 0.1) is 6.10 Å². The molecule has 96 valence electrons. The molecule has 0 saturated heterocycles. The van der Waals surface area contributed by atoms with Crippen molar-refractivity contribution < 1.29 is 5.11 Å². The Morgan fingerprint density at radius 1 is 1.19 bits per heavy atom. The summed E-state index contributed by atoms with van der Waals surface area (Å²) in [6.07, 6.45) is 7.52. The van der Waals surface area contributed by atoms with Crippen LogP contribution in [0.5, 0.6) is 0 Å². The molecule has 1 aliphatic carbocycles. The van der Waals surface area contributed by atoms with Crippen LogP contribution in [0.15, 0.2) is 0 Å². The van der Waals surface area contributed by atoms with Crippen molar-refractivity contribution in [2.45, 2.75) is 77.2 Å². The molecule has 1 fully saturated rings. The molecule has 0 aromatic heterocycles. The van der Waals surface area contributed by atoms with Crippen LogP contribution in [0.4, 0.5) is 0 Å². The fourth-order valence-corrected chi connectivity index (χ4v) is 4.80. The van der Waals surface area contributed by atoms with Gasteiger partial charge in [0.2, 0.25) is 0 Å². The van der Waals surface area contributed by atoms with Crippen LogP contribution < -0.4 is 0 Å².